The van der Waals surface area contributed by atoms with Crippen LogP contribution in [0.2, 0.25) is 0 Å². The largest absolute Gasteiger partial charge is 0.399 e. The van der Waals surface area contributed by atoms with Gasteiger partial charge in [-0.25, -0.2) is 4.98 Å². The minimum Gasteiger partial charge on any atom is -0.399 e. The van der Waals surface area contributed by atoms with E-state index in [1.54, 1.807) is 12.4 Å². The molecule has 5 heteroatoms. The van der Waals surface area contributed by atoms with E-state index in [-0.39, 0.29) is 12.5 Å². The van der Waals surface area contributed by atoms with Crippen molar-refractivity contribution in [3.05, 3.63) is 36.7 Å². The first-order valence-electron chi connectivity index (χ1n) is 7.20. The van der Waals surface area contributed by atoms with Gasteiger partial charge in [0.15, 0.2) is 0 Å². The predicted octanol–water partition coefficient (Wildman–Crippen LogP) is 2.29. The number of amides is 1. The van der Waals surface area contributed by atoms with Gasteiger partial charge in [-0.05, 0) is 24.5 Å². The first-order valence-corrected chi connectivity index (χ1v) is 7.20. The third-order valence-electron chi connectivity index (χ3n) is 3.22. The minimum absolute atomic E-state index is 0.00111. The lowest BCUT2D eigenvalue weighted by Crippen LogP contribution is -2.29. The van der Waals surface area contributed by atoms with Crippen LogP contribution in [0.3, 0.4) is 0 Å². The van der Waals surface area contributed by atoms with Gasteiger partial charge in [-0.3, -0.25) is 4.79 Å². The van der Waals surface area contributed by atoms with Crippen LogP contribution in [-0.2, 0) is 11.3 Å². The minimum atomic E-state index is -0.00111. The summed E-state index contributed by atoms with van der Waals surface area (Å²) in [5.74, 6) is 1.33. The number of nitrogens with two attached hydrogens (primary N) is 1. The second-order valence-corrected chi connectivity index (χ2v) is 5.54. The van der Waals surface area contributed by atoms with Crippen molar-refractivity contribution in [1.29, 1.82) is 0 Å². The number of anilines is 1. The van der Waals surface area contributed by atoms with E-state index in [1.807, 2.05) is 28.8 Å². The van der Waals surface area contributed by atoms with Crippen molar-refractivity contribution in [1.82, 2.24) is 14.9 Å². The Bertz CT molecular complexity index is 604. The van der Waals surface area contributed by atoms with E-state index in [1.165, 1.54) is 0 Å². The monoisotopic (exact) mass is 286 g/mol. The van der Waals surface area contributed by atoms with Crippen LogP contribution in [0.4, 0.5) is 5.69 Å². The Morgan fingerprint density at radius 3 is 2.95 bits per heavy atom. The van der Waals surface area contributed by atoms with Crippen LogP contribution in [0.5, 0.6) is 0 Å². The molecule has 0 unspecified atom stereocenters. The molecule has 0 aliphatic carbocycles. The summed E-state index contributed by atoms with van der Waals surface area (Å²) < 4.78 is 1.83. The van der Waals surface area contributed by atoms with Crippen molar-refractivity contribution in [3.63, 3.8) is 0 Å². The molecule has 0 fully saturated rings. The fourth-order valence-electron chi connectivity index (χ4n) is 2.09. The number of hydrogen-bond donors (Lipinski definition) is 2. The highest BCUT2D eigenvalue weighted by atomic mass is 16.1. The second kappa shape index (κ2) is 6.92. The predicted molar refractivity (Wildman–Crippen MR) is 84.5 cm³/mol. The maximum absolute atomic E-state index is 12.0. The molecule has 0 aliphatic rings. The van der Waals surface area contributed by atoms with E-state index < -0.39 is 0 Å². The van der Waals surface area contributed by atoms with Gasteiger partial charge in [0.05, 0.1) is 0 Å². The Labute approximate surface area is 125 Å². The number of carbonyl (C=O) groups excluding carboxylic acids is 1. The average Bonchev–Trinajstić information content (AvgIpc) is 2.86. The van der Waals surface area contributed by atoms with Crippen molar-refractivity contribution in [3.8, 4) is 11.4 Å². The molecule has 3 N–H and O–H groups in total. The molecule has 112 valence electrons. The molecule has 1 aromatic heterocycles. The number of nitrogens with one attached hydrogen (secondary N) is 1. The summed E-state index contributed by atoms with van der Waals surface area (Å²) in [7, 11) is 0. The molecule has 0 radical (unpaired) electrons. The van der Waals surface area contributed by atoms with Gasteiger partial charge in [0, 0.05) is 30.2 Å². The Kier molecular flexibility index (Phi) is 4.98. The molecular formula is C16H22N4O. The topological polar surface area (TPSA) is 72.9 Å². The summed E-state index contributed by atoms with van der Waals surface area (Å²) in [6.45, 7) is 5.25. The number of carbonyl (C=O) groups is 1. The molecule has 5 nitrogen and oxygen atoms in total. The number of imidazole rings is 1. The molecule has 2 rings (SSSR count). The third kappa shape index (κ3) is 4.34. The van der Waals surface area contributed by atoms with E-state index in [2.05, 4.69) is 24.1 Å². The molecule has 0 spiro atoms. The van der Waals surface area contributed by atoms with E-state index in [4.69, 9.17) is 5.73 Å². The zero-order valence-electron chi connectivity index (χ0n) is 12.5. The van der Waals surface area contributed by atoms with Gasteiger partial charge >= 0.3 is 0 Å². The number of nitrogen functional groups attached to an aromatic ring is 1. The number of nitrogens with zero attached hydrogens (tertiary/aromatic N) is 2. The highest BCUT2D eigenvalue weighted by Crippen LogP contribution is 2.19. The molecule has 21 heavy (non-hydrogen) atoms. The van der Waals surface area contributed by atoms with Crippen LogP contribution >= 0.6 is 0 Å². The van der Waals surface area contributed by atoms with Gasteiger partial charge in [-0.2, -0.15) is 0 Å². The molecule has 0 saturated heterocycles. The average molecular weight is 286 g/mol. The van der Waals surface area contributed by atoms with Crippen molar-refractivity contribution in [2.45, 2.75) is 26.8 Å². The molecular weight excluding hydrogens is 264 g/mol. The third-order valence-corrected chi connectivity index (χ3v) is 3.22. The summed E-state index contributed by atoms with van der Waals surface area (Å²) in [6.07, 6.45) is 4.48. The Morgan fingerprint density at radius 1 is 1.43 bits per heavy atom. The number of hydrogen-bond acceptors (Lipinski definition) is 3. The molecule has 0 aliphatic heterocycles. The number of benzene rings is 1. The van der Waals surface area contributed by atoms with Gasteiger partial charge in [0.25, 0.3) is 0 Å². The summed E-state index contributed by atoms with van der Waals surface area (Å²) in [6, 6.07) is 7.50. The normalized spacial score (nSPS) is 10.8. The standard InChI is InChI=1S/C16H22N4O/c1-12(2)6-7-18-15(21)11-20-9-8-19-16(20)13-4-3-5-14(17)10-13/h3-5,8-10,12H,6-7,11,17H2,1-2H3,(H,18,21). The lowest BCUT2D eigenvalue weighted by molar-refractivity contribution is -0.121. The maximum atomic E-state index is 12.0. The summed E-state index contributed by atoms with van der Waals surface area (Å²) in [5, 5.41) is 2.93. The lowest BCUT2D eigenvalue weighted by atomic mass is 10.1. The molecule has 1 amide bonds. The summed E-state index contributed by atoms with van der Waals surface area (Å²) in [5.41, 5.74) is 7.39. The Morgan fingerprint density at radius 2 is 2.24 bits per heavy atom. The van der Waals surface area contributed by atoms with Crippen LogP contribution in [0.15, 0.2) is 36.7 Å². The SMILES string of the molecule is CC(C)CCNC(=O)Cn1ccnc1-c1cccc(N)c1. The van der Waals surface area contributed by atoms with Gasteiger partial charge in [0.2, 0.25) is 5.91 Å². The molecule has 0 bridgehead atoms. The lowest BCUT2D eigenvalue weighted by Gasteiger charge is -2.10. The molecule has 1 aromatic carbocycles. The van der Waals surface area contributed by atoms with Crippen LogP contribution < -0.4 is 11.1 Å². The zero-order chi connectivity index (χ0) is 15.2. The van der Waals surface area contributed by atoms with Crippen LogP contribution in [-0.4, -0.2) is 22.0 Å². The quantitative estimate of drug-likeness (QED) is 0.800. The fourth-order valence-corrected chi connectivity index (χ4v) is 2.09. The molecule has 0 saturated carbocycles. The van der Waals surface area contributed by atoms with Crippen LogP contribution in [0.1, 0.15) is 20.3 Å². The molecule has 2 aromatic rings. The van der Waals surface area contributed by atoms with Crippen molar-refractivity contribution in [2.75, 3.05) is 12.3 Å². The maximum Gasteiger partial charge on any atom is 0.239 e. The van der Waals surface area contributed by atoms with Gasteiger partial charge < -0.3 is 15.6 Å². The fraction of sp³-hybridized carbons (Fsp3) is 0.375. The van der Waals surface area contributed by atoms with Crippen molar-refractivity contribution < 1.29 is 4.79 Å². The van der Waals surface area contributed by atoms with E-state index in [0.717, 1.165) is 17.8 Å². The zero-order valence-corrected chi connectivity index (χ0v) is 12.5. The smallest absolute Gasteiger partial charge is 0.239 e. The molecule has 0 atom stereocenters. The van der Waals surface area contributed by atoms with Crippen molar-refractivity contribution in [2.24, 2.45) is 5.92 Å². The highest BCUT2D eigenvalue weighted by molar-refractivity contribution is 5.76. The van der Waals surface area contributed by atoms with Crippen LogP contribution in [0, 0.1) is 5.92 Å². The Hall–Kier alpha value is -2.30. The van der Waals surface area contributed by atoms with E-state index in [9.17, 15) is 4.79 Å². The van der Waals surface area contributed by atoms with E-state index >= 15 is 0 Å². The van der Waals surface area contributed by atoms with Gasteiger partial charge in [-0.15, -0.1) is 0 Å². The number of rotatable bonds is 6. The summed E-state index contributed by atoms with van der Waals surface area (Å²) >= 11 is 0. The summed E-state index contributed by atoms with van der Waals surface area (Å²) in [4.78, 5) is 16.3. The van der Waals surface area contributed by atoms with Gasteiger partial charge in [-0.1, -0.05) is 26.0 Å². The highest BCUT2D eigenvalue weighted by Gasteiger charge is 2.09. The molecule has 1 heterocycles. The van der Waals surface area contributed by atoms with Crippen LogP contribution in [0.25, 0.3) is 11.4 Å². The Balaban J connectivity index is 2.02. The second-order valence-electron chi connectivity index (χ2n) is 5.54. The van der Waals surface area contributed by atoms with E-state index in [0.29, 0.717) is 18.2 Å². The first kappa shape index (κ1) is 15.1. The van der Waals surface area contributed by atoms with Gasteiger partial charge in [0.1, 0.15) is 12.4 Å². The number of aromatic nitrogens is 2. The van der Waals surface area contributed by atoms with Crippen molar-refractivity contribution >= 4 is 11.6 Å². The first-order chi connectivity index (χ1) is 10.1.